The van der Waals surface area contributed by atoms with Crippen molar-refractivity contribution in [2.75, 3.05) is 13.2 Å². The molecule has 0 amide bonds. The van der Waals surface area contributed by atoms with Crippen LogP contribution in [-0.2, 0) is 6.54 Å². The molecule has 0 atom stereocenters. The fraction of sp³-hybridized carbons (Fsp3) is 0.529. The monoisotopic (exact) mass is 257 g/mol. The Bertz CT molecular complexity index is 466. The normalized spacial score (nSPS) is 14.6. The molecule has 0 bridgehead atoms. The maximum atomic E-state index is 8.74. The average molecular weight is 257 g/mol. The molecule has 102 valence electrons. The molecule has 0 saturated heterocycles. The third-order valence-electron chi connectivity index (χ3n) is 3.29. The molecular weight excluding hydrogens is 234 g/mol. The molecule has 0 unspecified atom stereocenters. The van der Waals surface area contributed by atoms with E-state index in [2.05, 4.69) is 48.8 Å². The van der Waals surface area contributed by atoms with Crippen molar-refractivity contribution in [3.63, 3.8) is 0 Å². The summed E-state index contributed by atoms with van der Waals surface area (Å²) in [5.74, 6) is 6.39. The molecule has 2 rings (SSSR count). The Kier molecular flexibility index (Phi) is 5.01. The van der Waals surface area contributed by atoms with E-state index in [1.165, 1.54) is 18.4 Å². The lowest BCUT2D eigenvalue weighted by molar-refractivity contribution is 0.226. The Balaban J connectivity index is 2.04. The quantitative estimate of drug-likeness (QED) is 0.820. The minimum Gasteiger partial charge on any atom is -0.384 e. The van der Waals surface area contributed by atoms with Gasteiger partial charge < -0.3 is 5.11 Å². The Hall–Kier alpha value is -1.30. The summed E-state index contributed by atoms with van der Waals surface area (Å²) in [6.07, 6.45) is 2.69. The van der Waals surface area contributed by atoms with E-state index in [4.69, 9.17) is 5.11 Å². The highest BCUT2D eigenvalue weighted by atomic mass is 16.2. The van der Waals surface area contributed by atoms with Gasteiger partial charge in [-0.25, -0.2) is 0 Å². The van der Waals surface area contributed by atoms with Gasteiger partial charge in [0.15, 0.2) is 0 Å². The molecule has 2 heteroatoms. The molecule has 0 heterocycles. The Morgan fingerprint density at radius 3 is 2.79 bits per heavy atom. The highest BCUT2D eigenvalue weighted by Gasteiger charge is 2.29. The molecule has 1 aromatic rings. The number of hydrogen-bond acceptors (Lipinski definition) is 2. The van der Waals surface area contributed by atoms with Gasteiger partial charge >= 0.3 is 0 Å². The van der Waals surface area contributed by atoms with Crippen molar-refractivity contribution in [1.29, 1.82) is 0 Å². The van der Waals surface area contributed by atoms with Gasteiger partial charge in [0.05, 0.1) is 0 Å². The molecule has 1 N–H and O–H groups in total. The van der Waals surface area contributed by atoms with Gasteiger partial charge in [0.2, 0.25) is 0 Å². The van der Waals surface area contributed by atoms with Gasteiger partial charge in [-0.15, -0.1) is 0 Å². The molecule has 0 aliphatic heterocycles. The third kappa shape index (κ3) is 4.70. The zero-order valence-electron chi connectivity index (χ0n) is 11.9. The van der Waals surface area contributed by atoms with Crippen molar-refractivity contribution >= 4 is 0 Å². The van der Waals surface area contributed by atoms with Gasteiger partial charge in [-0.05, 0) is 36.5 Å². The number of nitrogens with zero attached hydrogens (tertiary/aromatic N) is 1. The van der Waals surface area contributed by atoms with Gasteiger partial charge in [0.1, 0.15) is 6.61 Å². The van der Waals surface area contributed by atoms with Crippen LogP contribution in [0.5, 0.6) is 0 Å². The third-order valence-corrected chi connectivity index (χ3v) is 3.29. The lowest BCUT2D eigenvalue weighted by Crippen LogP contribution is -2.29. The van der Waals surface area contributed by atoms with Crippen molar-refractivity contribution in [3.05, 3.63) is 35.4 Å². The summed E-state index contributed by atoms with van der Waals surface area (Å²) in [4.78, 5) is 2.59. The molecule has 1 aliphatic rings. The number of aliphatic hydroxyl groups is 1. The molecule has 0 aromatic heterocycles. The van der Waals surface area contributed by atoms with E-state index in [-0.39, 0.29) is 6.61 Å². The SMILES string of the molecule is CC(C)CN(Cc1cccc(C#CCO)c1)C1CC1. The zero-order chi connectivity index (χ0) is 13.7. The van der Waals surface area contributed by atoms with Crippen LogP contribution in [0.1, 0.15) is 37.8 Å². The molecule has 1 aliphatic carbocycles. The minimum absolute atomic E-state index is 0.0776. The van der Waals surface area contributed by atoms with Gasteiger partial charge in [0.25, 0.3) is 0 Å². The molecule has 1 saturated carbocycles. The number of hydrogen-bond donors (Lipinski definition) is 1. The first-order valence-corrected chi connectivity index (χ1v) is 7.11. The van der Waals surface area contributed by atoms with Crippen LogP contribution < -0.4 is 0 Å². The first-order valence-electron chi connectivity index (χ1n) is 7.11. The van der Waals surface area contributed by atoms with E-state index in [0.29, 0.717) is 5.92 Å². The van der Waals surface area contributed by atoms with Crippen molar-refractivity contribution in [3.8, 4) is 11.8 Å². The standard InChI is InChI=1S/C17H23NO/c1-14(2)12-18(17-8-9-17)13-16-6-3-5-15(11-16)7-4-10-19/h3,5-6,11,14,17,19H,8-10,12-13H2,1-2H3. The van der Waals surface area contributed by atoms with Gasteiger partial charge in [0, 0.05) is 24.7 Å². The lowest BCUT2D eigenvalue weighted by Gasteiger charge is -2.24. The second-order valence-corrected chi connectivity index (χ2v) is 5.71. The maximum Gasteiger partial charge on any atom is 0.104 e. The van der Waals surface area contributed by atoms with E-state index < -0.39 is 0 Å². The number of benzene rings is 1. The summed E-state index contributed by atoms with van der Waals surface area (Å²) in [6, 6.07) is 9.14. The Morgan fingerprint density at radius 2 is 2.16 bits per heavy atom. The lowest BCUT2D eigenvalue weighted by atomic mass is 10.1. The predicted molar refractivity (Wildman–Crippen MR) is 78.7 cm³/mol. The van der Waals surface area contributed by atoms with E-state index in [9.17, 15) is 0 Å². The summed E-state index contributed by atoms with van der Waals surface area (Å²) < 4.78 is 0. The van der Waals surface area contributed by atoms with E-state index >= 15 is 0 Å². The smallest absolute Gasteiger partial charge is 0.104 e. The minimum atomic E-state index is -0.0776. The molecule has 0 spiro atoms. The van der Waals surface area contributed by atoms with Gasteiger partial charge in [-0.3, -0.25) is 4.90 Å². The summed E-state index contributed by atoms with van der Waals surface area (Å²) in [5.41, 5.74) is 2.31. The molecule has 2 nitrogen and oxygen atoms in total. The van der Waals surface area contributed by atoms with Crippen LogP contribution in [0, 0.1) is 17.8 Å². The number of rotatable bonds is 5. The van der Waals surface area contributed by atoms with Crippen LogP contribution in [0.3, 0.4) is 0 Å². The van der Waals surface area contributed by atoms with Crippen LogP contribution in [0.15, 0.2) is 24.3 Å². The fourth-order valence-electron chi connectivity index (χ4n) is 2.37. The van der Waals surface area contributed by atoms with Crippen molar-refractivity contribution in [2.24, 2.45) is 5.92 Å². The van der Waals surface area contributed by atoms with Crippen molar-refractivity contribution in [1.82, 2.24) is 4.90 Å². The number of aliphatic hydroxyl groups excluding tert-OH is 1. The summed E-state index contributed by atoms with van der Waals surface area (Å²) in [5, 5.41) is 8.74. The zero-order valence-corrected chi connectivity index (χ0v) is 11.9. The predicted octanol–water partition coefficient (Wildman–Crippen LogP) is 2.65. The largest absolute Gasteiger partial charge is 0.384 e. The topological polar surface area (TPSA) is 23.5 Å². The summed E-state index contributed by atoms with van der Waals surface area (Å²) in [6.45, 7) is 6.65. The maximum absolute atomic E-state index is 8.74. The second kappa shape index (κ2) is 6.75. The highest BCUT2D eigenvalue weighted by Crippen LogP contribution is 2.29. The van der Waals surface area contributed by atoms with Crippen LogP contribution in [0.25, 0.3) is 0 Å². The molecule has 1 aromatic carbocycles. The highest BCUT2D eigenvalue weighted by molar-refractivity contribution is 5.37. The Labute approximate surface area is 116 Å². The molecule has 0 radical (unpaired) electrons. The fourth-order valence-corrected chi connectivity index (χ4v) is 2.37. The van der Waals surface area contributed by atoms with Crippen LogP contribution >= 0.6 is 0 Å². The first-order chi connectivity index (χ1) is 9.19. The van der Waals surface area contributed by atoms with Crippen LogP contribution in [0.2, 0.25) is 0 Å². The van der Waals surface area contributed by atoms with E-state index in [0.717, 1.165) is 24.7 Å². The van der Waals surface area contributed by atoms with Crippen molar-refractivity contribution in [2.45, 2.75) is 39.3 Å². The summed E-state index contributed by atoms with van der Waals surface area (Å²) in [7, 11) is 0. The van der Waals surface area contributed by atoms with Crippen LogP contribution in [-0.4, -0.2) is 29.2 Å². The van der Waals surface area contributed by atoms with E-state index in [1.807, 2.05) is 6.07 Å². The second-order valence-electron chi connectivity index (χ2n) is 5.71. The van der Waals surface area contributed by atoms with Crippen molar-refractivity contribution < 1.29 is 5.11 Å². The molecular formula is C17H23NO. The Morgan fingerprint density at radius 1 is 1.37 bits per heavy atom. The van der Waals surface area contributed by atoms with Gasteiger partial charge in [-0.2, -0.15) is 0 Å². The molecule has 19 heavy (non-hydrogen) atoms. The van der Waals surface area contributed by atoms with E-state index in [1.54, 1.807) is 0 Å². The molecule has 1 fully saturated rings. The van der Waals surface area contributed by atoms with Gasteiger partial charge in [-0.1, -0.05) is 37.8 Å². The first kappa shape index (κ1) is 14.1. The summed E-state index contributed by atoms with van der Waals surface area (Å²) >= 11 is 0. The van der Waals surface area contributed by atoms with Crippen LogP contribution in [0.4, 0.5) is 0 Å². The average Bonchev–Trinajstić information content (AvgIpc) is 3.20.